The van der Waals surface area contributed by atoms with Crippen LogP contribution in [-0.2, 0) is 9.53 Å². The summed E-state index contributed by atoms with van der Waals surface area (Å²) in [5, 5.41) is 24.6. The summed E-state index contributed by atoms with van der Waals surface area (Å²) in [5.74, 6) is -0.722. The van der Waals surface area contributed by atoms with E-state index in [2.05, 4.69) is 5.32 Å². The number of hydrogen-bond acceptors (Lipinski definition) is 10. The molecule has 2 heterocycles. The molecule has 4 atom stereocenters. The van der Waals surface area contributed by atoms with Crippen LogP contribution in [-0.4, -0.2) is 98.6 Å². The van der Waals surface area contributed by atoms with Crippen LogP contribution < -0.4 is 19.5 Å². The molecule has 5 rings (SSSR count). The number of benzene rings is 2. The maximum Gasteiger partial charge on any atom is 0.290 e. The van der Waals surface area contributed by atoms with E-state index in [1.165, 1.54) is 25.2 Å². The van der Waals surface area contributed by atoms with E-state index in [-0.39, 0.29) is 36.8 Å². The van der Waals surface area contributed by atoms with Crippen LogP contribution in [0.5, 0.6) is 17.2 Å². The van der Waals surface area contributed by atoms with E-state index in [9.17, 15) is 24.6 Å². The third-order valence-electron chi connectivity index (χ3n) is 7.86. The zero-order valence-electron chi connectivity index (χ0n) is 24.8. The average molecular weight is 609 g/mol. The van der Waals surface area contributed by atoms with Crippen molar-refractivity contribution < 1.29 is 48.0 Å². The lowest BCUT2D eigenvalue weighted by molar-refractivity contribution is -0.118. The van der Waals surface area contributed by atoms with Crippen LogP contribution in [0.1, 0.15) is 45.7 Å². The Labute approximate surface area is 254 Å². The molecule has 1 aliphatic carbocycles. The molecule has 0 radical (unpaired) electrons. The molecule has 0 fully saturated rings. The van der Waals surface area contributed by atoms with Gasteiger partial charge in [0.1, 0.15) is 18.5 Å². The molecule has 2 aliphatic rings. The van der Waals surface area contributed by atoms with Crippen molar-refractivity contribution in [1.29, 1.82) is 0 Å². The van der Waals surface area contributed by atoms with Crippen molar-refractivity contribution in [2.45, 2.75) is 37.5 Å². The van der Waals surface area contributed by atoms with Crippen LogP contribution >= 0.6 is 0 Å². The van der Waals surface area contributed by atoms with E-state index in [4.69, 9.17) is 23.4 Å². The van der Waals surface area contributed by atoms with Crippen LogP contribution in [0.3, 0.4) is 0 Å². The first kappa shape index (κ1) is 31.0. The zero-order chi connectivity index (χ0) is 31.4. The van der Waals surface area contributed by atoms with E-state index in [0.29, 0.717) is 59.5 Å². The molecule has 0 spiro atoms. The number of fused-ring (bicyclic) bond motifs is 4. The molecule has 3 aromatic rings. The predicted molar refractivity (Wildman–Crippen MR) is 158 cm³/mol. The number of para-hydroxylation sites is 1. The molecule has 2 amide bonds. The summed E-state index contributed by atoms with van der Waals surface area (Å²) in [5.41, 5.74) is 1.43. The van der Waals surface area contributed by atoms with Gasteiger partial charge >= 0.3 is 0 Å². The Hall–Kier alpha value is -4.39. The normalized spacial score (nSPS) is 20.2. The van der Waals surface area contributed by atoms with Crippen LogP contribution in [0, 0.1) is 0 Å². The van der Waals surface area contributed by atoms with Gasteiger partial charge in [-0.2, -0.15) is 0 Å². The molecule has 4 unspecified atom stereocenters. The molecule has 12 heteroatoms. The number of ether oxygens (including phenoxy) is 4. The van der Waals surface area contributed by atoms with Crippen molar-refractivity contribution in [3.05, 3.63) is 64.9 Å². The summed E-state index contributed by atoms with van der Waals surface area (Å²) in [6.07, 6.45) is 0.371. The number of methoxy groups -OCH3 is 2. The second kappa shape index (κ2) is 13.5. The van der Waals surface area contributed by atoms with Gasteiger partial charge in [0.25, 0.3) is 5.91 Å². The quantitative estimate of drug-likeness (QED) is 0.195. The lowest BCUT2D eigenvalue weighted by Gasteiger charge is -2.40. The highest BCUT2D eigenvalue weighted by Crippen LogP contribution is 2.51. The number of amides is 2. The zero-order valence-corrected chi connectivity index (χ0v) is 24.8. The van der Waals surface area contributed by atoms with E-state index < -0.39 is 36.0 Å². The summed E-state index contributed by atoms with van der Waals surface area (Å²) in [6.45, 7) is 2.61. The number of rotatable bonds is 13. The number of hydrogen-bond donors (Lipinski definition) is 3. The van der Waals surface area contributed by atoms with Crippen LogP contribution in [0.2, 0.25) is 0 Å². The summed E-state index contributed by atoms with van der Waals surface area (Å²) >= 11 is 0. The smallest absolute Gasteiger partial charge is 0.290 e. The second-order valence-corrected chi connectivity index (χ2v) is 10.4. The van der Waals surface area contributed by atoms with Crippen molar-refractivity contribution in [3.8, 4) is 17.2 Å². The number of carbonyl (C=O) groups excluding carboxylic acids is 3. The minimum atomic E-state index is -1.29. The summed E-state index contributed by atoms with van der Waals surface area (Å²) in [6, 6.07) is 9.02. The third-order valence-corrected chi connectivity index (χ3v) is 7.86. The summed E-state index contributed by atoms with van der Waals surface area (Å²) in [7, 11) is 2.94. The third kappa shape index (κ3) is 5.75. The minimum absolute atomic E-state index is 0.00991. The highest BCUT2D eigenvalue weighted by atomic mass is 16.5. The monoisotopic (exact) mass is 608 g/mol. The predicted octanol–water partition coefficient (Wildman–Crippen LogP) is 2.45. The number of nitrogens with zero attached hydrogens (tertiary/aromatic N) is 1. The highest BCUT2D eigenvalue weighted by Gasteiger charge is 2.51. The van der Waals surface area contributed by atoms with Gasteiger partial charge in [-0.3, -0.25) is 14.4 Å². The number of aldehydes is 1. The first-order valence-electron chi connectivity index (χ1n) is 14.4. The van der Waals surface area contributed by atoms with E-state index >= 15 is 0 Å². The molecule has 1 aliphatic heterocycles. The average Bonchev–Trinajstić information content (AvgIpc) is 3.66. The SMILES string of the molecule is CCOCCCN(C(=O)c1cc2cccc(OC)c2o1)C1C=C(C(=O)NCCO)C2c3cc(C=O)cc(OC)c3OC2C1O. The molecular formula is C32H36N2O10. The van der Waals surface area contributed by atoms with Crippen molar-refractivity contribution in [2.75, 3.05) is 47.1 Å². The van der Waals surface area contributed by atoms with Gasteiger partial charge in [0, 0.05) is 48.4 Å². The Morgan fingerprint density at radius 2 is 1.93 bits per heavy atom. The lowest BCUT2D eigenvalue weighted by Crippen LogP contribution is -2.56. The first-order chi connectivity index (χ1) is 21.4. The Morgan fingerprint density at radius 1 is 1.14 bits per heavy atom. The Morgan fingerprint density at radius 3 is 2.64 bits per heavy atom. The van der Waals surface area contributed by atoms with Gasteiger partial charge in [0.15, 0.2) is 28.6 Å². The van der Waals surface area contributed by atoms with Gasteiger partial charge in [-0.1, -0.05) is 12.1 Å². The van der Waals surface area contributed by atoms with E-state index in [1.807, 2.05) is 6.92 Å². The largest absolute Gasteiger partial charge is 0.493 e. The maximum atomic E-state index is 14.1. The lowest BCUT2D eigenvalue weighted by atomic mass is 9.77. The maximum absolute atomic E-state index is 14.1. The van der Waals surface area contributed by atoms with Crippen LogP contribution in [0.15, 0.2) is 52.5 Å². The van der Waals surface area contributed by atoms with Gasteiger partial charge in [-0.25, -0.2) is 0 Å². The molecule has 1 aromatic heterocycles. The first-order valence-corrected chi connectivity index (χ1v) is 14.4. The number of nitrogens with one attached hydrogen (secondary N) is 1. The Kier molecular flexibility index (Phi) is 9.52. The van der Waals surface area contributed by atoms with Crippen molar-refractivity contribution in [2.24, 2.45) is 0 Å². The number of furan rings is 1. The summed E-state index contributed by atoms with van der Waals surface area (Å²) < 4.78 is 28.6. The number of carbonyl (C=O) groups is 3. The molecule has 0 saturated carbocycles. The molecule has 2 aromatic carbocycles. The number of aliphatic hydroxyl groups excluding tert-OH is 2. The molecule has 44 heavy (non-hydrogen) atoms. The minimum Gasteiger partial charge on any atom is -0.493 e. The van der Waals surface area contributed by atoms with Gasteiger partial charge < -0.3 is 43.8 Å². The van der Waals surface area contributed by atoms with Crippen molar-refractivity contribution in [1.82, 2.24) is 10.2 Å². The molecule has 0 bridgehead atoms. The molecular weight excluding hydrogens is 572 g/mol. The fourth-order valence-electron chi connectivity index (χ4n) is 5.87. The van der Waals surface area contributed by atoms with Gasteiger partial charge in [-0.05, 0) is 43.7 Å². The number of aliphatic hydroxyl groups is 2. The van der Waals surface area contributed by atoms with Gasteiger partial charge in [-0.15, -0.1) is 0 Å². The fourth-order valence-corrected chi connectivity index (χ4v) is 5.87. The van der Waals surface area contributed by atoms with E-state index in [1.54, 1.807) is 36.4 Å². The molecule has 0 saturated heterocycles. The molecule has 234 valence electrons. The Balaban J connectivity index is 1.59. The fraction of sp³-hybridized carbons (Fsp3) is 0.406. The van der Waals surface area contributed by atoms with Crippen molar-refractivity contribution in [3.63, 3.8) is 0 Å². The van der Waals surface area contributed by atoms with E-state index in [0.717, 1.165) is 0 Å². The highest BCUT2D eigenvalue weighted by molar-refractivity contribution is 5.99. The van der Waals surface area contributed by atoms with Crippen molar-refractivity contribution >= 4 is 29.1 Å². The van der Waals surface area contributed by atoms with Crippen LogP contribution in [0.4, 0.5) is 0 Å². The summed E-state index contributed by atoms with van der Waals surface area (Å²) in [4.78, 5) is 40.8. The second-order valence-electron chi connectivity index (χ2n) is 10.4. The standard InChI is InChI=1S/C32H36N2O10/c1-4-42-12-6-10-34(32(39)25-15-19-7-5-8-23(40-2)28(19)43-25)22-16-21(31(38)33-9-11-35)26-20-13-18(17-36)14-24(41-3)29(20)44-30(26)27(22)37/h5,7-8,13-17,22,26-27,30,35,37H,4,6,9-12H2,1-3H3,(H,33,38). The molecule has 3 N–H and O–H groups in total. The van der Waals surface area contributed by atoms with Crippen LogP contribution in [0.25, 0.3) is 11.0 Å². The Bertz CT molecular complexity index is 1560. The molecule has 12 nitrogen and oxygen atoms in total. The topological polar surface area (TPSA) is 157 Å². The van der Waals surface area contributed by atoms with Gasteiger partial charge in [0.05, 0.1) is 32.8 Å². The van der Waals surface area contributed by atoms with Gasteiger partial charge in [0.2, 0.25) is 5.91 Å².